The van der Waals surface area contributed by atoms with Crippen LogP contribution in [0.4, 0.5) is 0 Å². The number of hydrogen-bond donors (Lipinski definition) is 1. The van der Waals surface area contributed by atoms with E-state index in [9.17, 15) is 0 Å². The number of ether oxygens (including phenoxy) is 1. The molecule has 0 saturated heterocycles. The quantitative estimate of drug-likeness (QED) is 0.870. The number of nitrogens with two attached hydrogens (primary N) is 1. The van der Waals surface area contributed by atoms with Gasteiger partial charge in [-0.15, -0.1) is 11.3 Å². The Labute approximate surface area is 112 Å². The number of nitrogens with zero attached hydrogens (tertiary/aromatic N) is 1. The molecule has 0 spiro atoms. The minimum absolute atomic E-state index is 0.471. The van der Waals surface area contributed by atoms with Crippen molar-refractivity contribution in [2.45, 2.75) is 12.8 Å². The van der Waals surface area contributed by atoms with Crippen LogP contribution in [0.3, 0.4) is 0 Å². The van der Waals surface area contributed by atoms with Crippen molar-refractivity contribution in [3.63, 3.8) is 0 Å². The van der Waals surface area contributed by atoms with Crippen molar-refractivity contribution in [2.75, 3.05) is 13.7 Å². The van der Waals surface area contributed by atoms with Crippen LogP contribution < -0.4 is 10.5 Å². The second kappa shape index (κ2) is 6.52. The summed E-state index contributed by atoms with van der Waals surface area (Å²) in [6.45, 7) is 0.698. The van der Waals surface area contributed by atoms with E-state index in [0.29, 0.717) is 12.5 Å². The zero-order valence-electron chi connectivity index (χ0n) is 10.5. The molecule has 96 valence electrons. The van der Waals surface area contributed by atoms with Crippen molar-refractivity contribution in [2.24, 2.45) is 11.7 Å². The molecule has 0 aliphatic carbocycles. The number of hydrogen-bond acceptors (Lipinski definition) is 4. The van der Waals surface area contributed by atoms with Crippen molar-refractivity contribution in [1.29, 1.82) is 0 Å². The molecule has 2 N–H and O–H groups in total. The first-order valence-electron chi connectivity index (χ1n) is 6.02. The van der Waals surface area contributed by atoms with E-state index in [-0.39, 0.29) is 0 Å². The van der Waals surface area contributed by atoms with E-state index in [1.54, 1.807) is 18.4 Å². The van der Waals surface area contributed by atoms with Gasteiger partial charge in [-0.2, -0.15) is 0 Å². The van der Waals surface area contributed by atoms with Crippen LogP contribution in [0.15, 0.2) is 36.0 Å². The molecule has 2 rings (SSSR count). The molecule has 0 aliphatic heterocycles. The van der Waals surface area contributed by atoms with Crippen LogP contribution in [0.1, 0.15) is 10.4 Å². The normalized spacial score (nSPS) is 12.3. The highest BCUT2D eigenvalue weighted by Crippen LogP contribution is 2.18. The van der Waals surface area contributed by atoms with Gasteiger partial charge in [-0.3, -0.25) is 4.98 Å². The van der Waals surface area contributed by atoms with E-state index in [4.69, 9.17) is 10.5 Å². The zero-order valence-corrected chi connectivity index (χ0v) is 11.3. The fourth-order valence-corrected chi connectivity index (χ4v) is 2.67. The van der Waals surface area contributed by atoms with Gasteiger partial charge in [-0.05, 0) is 43.0 Å². The van der Waals surface area contributed by atoms with Gasteiger partial charge in [0.2, 0.25) is 0 Å². The molecule has 1 atom stereocenters. The van der Waals surface area contributed by atoms with Crippen LogP contribution in [-0.4, -0.2) is 18.6 Å². The molecule has 2 aromatic rings. The van der Waals surface area contributed by atoms with Gasteiger partial charge in [-0.1, -0.05) is 12.1 Å². The molecular weight excluding hydrogens is 244 g/mol. The van der Waals surface area contributed by atoms with Crippen LogP contribution in [0.5, 0.6) is 5.75 Å². The van der Waals surface area contributed by atoms with E-state index < -0.39 is 0 Å². The molecule has 0 amide bonds. The maximum Gasteiger partial charge on any atom is 0.118 e. The lowest BCUT2D eigenvalue weighted by Crippen LogP contribution is -2.18. The molecule has 3 nitrogen and oxygen atoms in total. The van der Waals surface area contributed by atoms with Gasteiger partial charge in [0.25, 0.3) is 0 Å². The summed E-state index contributed by atoms with van der Waals surface area (Å²) in [5, 5.41) is 0. The lowest BCUT2D eigenvalue weighted by atomic mass is 9.96. The average molecular weight is 262 g/mol. The molecule has 4 heteroatoms. The van der Waals surface area contributed by atoms with Crippen molar-refractivity contribution in [3.05, 3.63) is 46.4 Å². The lowest BCUT2D eigenvalue weighted by Gasteiger charge is -2.13. The molecule has 0 saturated carbocycles. The number of aromatic nitrogens is 1. The Morgan fingerprint density at radius 3 is 2.61 bits per heavy atom. The standard InChI is InChI=1S/C14H18N2OS/c1-17-13-4-2-11(3-5-13)6-12(8-15)7-14-9-16-10-18-14/h2-5,9-10,12H,6-8,15H2,1H3. The highest BCUT2D eigenvalue weighted by atomic mass is 32.1. The third-order valence-corrected chi connectivity index (χ3v) is 3.79. The van der Waals surface area contributed by atoms with Gasteiger partial charge in [0.1, 0.15) is 5.75 Å². The second-order valence-electron chi connectivity index (χ2n) is 4.33. The predicted molar refractivity (Wildman–Crippen MR) is 75.1 cm³/mol. The molecule has 18 heavy (non-hydrogen) atoms. The van der Waals surface area contributed by atoms with E-state index in [1.165, 1.54) is 10.4 Å². The summed E-state index contributed by atoms with van der Waals surface area (Å²) in [5.74, 6) is 1.37. The van der Waals surface area contributed by atoms with E-state index in [0.717, 1.165) is 18.6 Å². The second-order valence-corrected chi connectivity index (χ2v) is 5.30. The van der Waals surface area contributed by atoms with Gasteiger partial charge >= 0.3 is 0 Å². The van der Waals surface area contributed by atoms with Gasteiger partial charge in [0.05, 0.1) is 12.6 Å². The van der Waals surface area contributed by atoms with E-state index in [1.807, 2.05) is 23.8 Å². The third kappa shape index (κ3) is 3.55. The number of thiazole rings is 1. The Hall–Kier alpha value is -1.39. The van der Waals surface area contributed by atoms with Crippen LogP contribution in [-0.2, 0) is 12.8 Å². The van der Waals surface area contributed by atoms with Gasteiger partial charge in [0, 0.05) is 11.1 Å². The first-order chi connectivity index (χ1) is 8.81. The van der Waals surface area contributed by atoms with Gasteiger partial charge in [0.15, 0.2) is 0 Å². The summed E-state index contributed by atoms with van der Waals surface area (Å²) in [7, 11) is 1.68. The topological polar surface area (TPSA) is 48.1 Å². The third-order valence-electron chi connectivity index (χ3n) is 2.99. The van der Waals surface area contributed by atoms with Crippen LogP contribution in [0.2, 0.25) is 0 Å². The first-order valence-corrected chi connectivity index (χ1v) is 6.90. The van der Waals surface area contributed by atoms with Crippen molar-refractivity contribution < 1.29 is 4.74 Å². The highest BCUT2D eigenvalue weighted by Gasteiger charge is 2.10. The van der Waals surface area contributed by atoms with Crippen molar-refractivity contribution in [3.8, 4) is 5.75 Å². The Balaban J connectivity index is 1.96. The summed E-state index contributed by atoms with van der Waals surface area (Å²) in [5.41, 5.74) is 9.03. The van der Waals surface area contributed by atoms with Crippen LogP contribution in [0, 0.1) is 5.92 Å². The Morgan fingerprint density at radius 1 is 1.28 bits per heavy atom. The minimum atomic E-state index is 0.471. The summed E-state index contributed by atoms with van der Waals surface area (Å²) in [4.78, 5) is 5.41. The largest absolute Gasteiger partial charge is 0.497 e. The van der Waals surface area contributed by atoms with Gasteiger partial charge < -0.3 is 10.5 Å². The molecule has 0 radical (unpaired) electrons. The smallest absolute Gasteiger partial charge is 0.118 e. The maximum absolute atomic E-state index is 5.85. The molecule has 0 aliphatic rings. The Bertz CT molecular complexity index is 453. The number of rotatable bonds is 6. The van der Waals surface area contributed by atoms with Crippen LogP contribution >= 0.6 is 11.3 Å². The lowest BCUT2D eigenvalue weighted by molar-refractivity contribution is 0.414. The fourth-order valence-electron chi connectivity index (χ4n) is 1.96. The molecular formula is C14H18N2OS. The Morgan fingerprint density at radius 2 is 2.06 bits per heavy atom. The average Bonchev–Trinajstić information content (AvgIpc) is 2.91. The summed E-state index contributed by atoms with van der Waals surface area (Å²) in [6, 6.07) is 8.20. The molecule has 0 bridgehead atoms. The van der Waals surface area contributed by atoms with E-state index >= 15 is 0 Å². The first kappa shape index (κ1) is 13.1. The number of benzene rings is 1. The van der Waals surface area contributed by atoms with Crippen molar-refractivity contribution in [1.82, 2.24) is 4.98 Å². The van der Waals surface area contributed by atoms with Crippen LogP contribution in [0.25, 0.3) is 0 Å². The minimum Gasteiger partial charge on any atom is -0.497 e. The maximum atomic E-state index is 5.85. The highest BCUT2D eigenvalue weighted by molar-refractivity contribution is 7.09. The molecule has 1 aromatic carbocycles. The summed E-state index contributed by atoms with van der Waals surface area (Å²) >= 11 is 1.70. The summed E-state index contributed by atoms with van der Waals surface area (Å²) < 4.78 is 5.15. The van der Waals surface area contributed by atoms with E-state index in [2.05, 4.69) is 17.1 Å². The molecule has 0 fully saturated rings. The fraction of sp³-hybridized carbons (Fsp3) is 0.357. The summed E-state index contributed by atoms with van der Waals surface area (Å²) in [6.07, 6.45) is 3.94. The number of methoxy groups -OCH3 is 1. The predicted octanol–water partition coefficient (Wildman–Crippen LogP) is 2.51. The zero-order chi connectivity index (χ0) is 12.8. The van der Waals surface area contributed by atoms with Crippen molar-refractivity contribution >= 4 is 11.3 Å². The SMILES string of the molecule is COc1ccc(CC(CN)Cc2cncs2)cc1. The Kier molecular flexibility index (Phi) is 4.73. The monoisotopic (exact) mass is 262 g/mol. The molecule has 1 unspecified atom stereocenters. The van der Waals surface area contributed by atoms with Gasteiger partial charge in [-0.25, -0.2) is 0 Å². The molecule has 1 heterocycles. The molecule has 1 aromatic heterocycles.